The summed E-state index contributed by atoms with van der Waals surface area (Å²) in [4.78, 5) is 11.7. The Kier molecular flexibility index (Phi) is 6.08. The van der Waals surface area contributed by atoms with Gasteiger partial charge in [0.2, 0.25) is 0 Å². The van der Waals surface area contributed by atoms with E-state index in [0.717, 1.165) is 12.0 Å². The molecule has 0 saturated carbocycles. The minimum atomic E-state index is -1.32. The number of hydrogen-bond acceptors (Lipinski definition) is 5. The first-order chi connectivity index (χ1) is 13.0. The van der Waals surface area contributed by atoms with Crippen molar-refractivity contribution in [3.05, 3.63) is 65.5 Å². The maximum atomic E-state index is 13.6. The number of methoxy groups -OCH3 is 1. The van der Waals surface area contributed by atoms with Gasteiger partial charge in [-0.05, 0) is 30.2 Å². The second-order valence-electron chi connectivity index (χ2n) is 6.65. The van der Waals surface area contributed by atoms with Gasteiger partial charge in [0.05, 0.1) is 20.3 Å². The van der Waals surface area contributed by atoms with Crippen molar-refractivity contribution < 1.29 is 28.1 Å². The van der Waals surface area contributed by atoms with E-state index in [4.69, 9.17) is 18.9 Å². The van der Waals surface area contributed by atoms with E-state index in [2.05, 4.69) is 0 Å². The lowest BCUT2D eigenvalue weighted by Gasteiger charge is -2.35. The molecule has 1 fully saturated rings. The molecule has 1 saturated heterocycles. The van der Waals surface area contributed by atoms with Crippen LogP contribution in [0.25, 0.3) is 0 Å². The van der Waals surface area contributed by atoms with Crippen molar-refractivity contribution in [2.75, 3.05) is 20.3 Å². The third-order valence-corrected chi connectivity index (χ3v) is 4.55. The molecule has 0 aliphatic carbocycles. The van der Waals surface area contributed by atoms with Crippen molar-refractivity contribution in [2.24, 2.45) is 5.92 Å². The van der Waals surface area contributed by atoms with Crippen LogP contribution in [0.2, 0.25) is 0 Å². The summed E-state index contributed by atoms with van der Waals surface area (Å²) in [6, 6.07) is 14.2. The number of esters is 1. The molecular formula is C21H23FO5. The zero-order chi connectivity index (χ0) is 19.3. The fourth-order valence-corrected chi connectivity index (χ4v) is 2.90. The van der Waals surface area contributed by atoms with Gasteiger partial charge in [0.15, 0.2) is 0 Å². The second kappa shape index (κ2) is 8.50. The van der Waals surface area contributed by atoms with E-state index in [1.54, 1.807) is 25.1 Å². The molecule has 0 unspecified atom stereocenters. The summed E-state index contributed by atoms with van der Waals surface area (Å²) in [5, 5.41) is 0. The van der Waals surface area contributed by atoms with Gasteiger partial charge in [-0.1, -0.05) is 30.3 Å². The molecule has 2 aromatic rings. The standard InChI is InChI=1S/C21H23FO5/c1-21(20(23)24-2)26-12-16(13-27-21)11-15-7-9-18(10-8-15)25-14-17-5-3-4-6-19(17)22/h3-10,16H,11-14H2,1-2H3. The number of carbonyl (C=O) groups is 1. The van der Waals surface area contributed by atoms with E-state index < -0.39 is 11.8 Å². The number of hydrogen-bond donors (Lipinski definition) is 0. The smallest absolute Gasteiger partial charge is 0.366 e. The molecule has 1 heterocycles. The highest BCUT2D eigenvalue weighted by Gasteiger charge is 2.41. The Hall–Kier alpha value is -2.44. The Morgan fingerprint density at radius 1 is 1.15 bits per heavy atom. The van der Waals surface area contributed by atoms with E-state index in [0.29, 0.717) is 24.5 Å². The van der Waals surface area contributed by atoms with Crippen LogP contribution in [0, 0.1) is 11.7 Å². The zero-order valence-corrected chi connectivity index (χ0v) is 15.4. The van der Waals surface area contributed by atoms with Crippen LogP contribution >= 0.6 is 0 Å². The van der Waals surface area contributed by atoms with E-state index in [1.165, 1.54) is 13.2 Å². The summed E-state index contributed by atoms with van der Waals surface area (Å²) in [7, 11) is 1.31. The van der Waals surface area contributed by atoms with Gasteiger partial charge in [-0.25, -0.2) is 9.18 Å². The van der Waals surface area contributed by atoms with Crippen LogP contribution in [0.1, 0.15) is 18.1 Å². The zero-order valence-electron chi connectivity index (χ0n) is 15.4. The average molecular weight is 374 g/mol. The van der Waals surface area contributed by atoms with Gasteiger partial charge in [-0.3, -0.25) is 0 Å². The molecule has 0 amide bonds. The van der Waals surface area contributed by atoms with E-state index in [-0.39, 0.29) is 18.3 Å². The van der Waals surface area contributed by atoms with Crippen molar-refractivity contribution >= 4 is 5.97 Å². The third-order valence-electron chi connectivity index (χ3n) is 4.55. The number of benzene rings is 2. The fraction of sp³-hybridized carbons (Fsp3) is 0.381. The quantitative estimate of drug-likeness (QED) is 0.725. The van der Waals surface area contributed by atoms with Crippen molar-refractivity contribution in [1.29, 1.82) is 0 Å². The fourth-order valence-electron chi connectivity index (χ4n) is 2.90. The summed E-state index contributed by atoms with van der Waals surface area (Å²) >= 11 is 0. The largest absolute Gasteiger partial charge is 0.489 e. The minimum Gasteiger partial charge on any atom is -0.489 e. The molecule has 0 radical (unpaired) electrons. The Morgan fingerprint density at radius 3 is 2.44 bits per heavy atom. The summed E-state index contributed by atoms with van der Waals surface area (Å²) in [6.07, 6.45) is 0.755. The number of ether oxygens (including phenoxy) is 4. The summed E-state index contributed by atoms with van der Waals surface area (Å²) < 4.78 is 35.1. The van der Waals surface area contributed by atoms with Gasteiger partial charge in [0.1, 0.15) is 18.2 Å². The van der Waals surface area contributed by atoms with E-state index >= 15 is 0 Å². The lowest BCUT2D eigenvalue weighted by Crippen LogP contribution is -2.48. The van der Waals surface area contributed by atoms with E-state index in [9.17, 15) is 9.18 Å². The molecule has 27 heavy (non-hydrogen) atoms. The van der Waals surface area contributed by atoms with Crippen LogP contribution < -0.4 is 4.74 Å². The second-order valence-corrected chi connectivity index (χ2v) is 6.65. The third kappa shape index (κ3) is 4.84. The summed E-state index contributed by atoms with van der Waals surface area (Å²) in [5.74, 6) is -1.30. The molecule has 0 N–H and O–H groups in total. The topological polar surface area (TPSA) is 54.0 Å². The first-order valence-corrected chi connectivity index (χ1v) is 8.81. The Bertz CT molecular complexity index is 766. The molecule has 0 atom stereocenters. The maximum absolute atomic E-state index is 13.6. The van der Waals surface area contributed by atoms with Crippen LogP contribution in [-0.4, -0.2) is 32.1 Å². The lowest BCUT2D eigenvalue weighted by molar-refractivity contribution is -0.272. The van der Waals surface area contributed by atoms with Crippen molar-refractivity contribution in [3.8, 4) is 5.75 Å². The first-order valence-electron chi connectivity index (χ1n) is 8.81. The molecule has 5 nitrogen and oxygen atoms in total. The van der Waals surface area contributed by atoms with Gasteiger partial charge in [0.25, 0.3) is 5.79 Å². The molecule has 6 heteroatoms. The highest BCUT2D eigenvalue weighted by atomic mass is 19.1. The Balaban J connectivity index is 1.50. The summed E-state index contributed by atoms with van der Waals surface area (Å²) in [5.41, 5.74) is 1.62. The van der Waals surface area contributed by atoms with Crippen molar-refractivity contribution in [2.45, 2.75) is 25.7 Å². The highest BCUT2D eigenvalue weighted by Crippen LogP contribution is 2.25. The minimum absolute atomic E-state index is 0.146. The normalized spacial score (nSPS) is 22.3. The first kappa shape index (κ1) is 19.3. The monoisotopic (exact) mass is 374 g/mol. The van der Waals surface area contributed by atoms with Crippen LogP contribution in [0.4, 0.5) is 4.39 Å². The predicted molar refractivity (Wildman–Crippen MR) is 96.7 cm³/mol. The van der Waals surface area contributed by atoms with Crippen LogP contribution in [0.3, 0.4) is 0 Å². The Labute approximate surface area is 158 Å². The number of rotatable bonds is 6. The molecule has 144 valence electrons. The molecule has 3 rings (SSSR count). The SMILES string of the molecule is COC(=O)C1(C)OCC(Cc2ccc(OCc3ccccc3F)cc2)CO1. The summed E-state index contributed by atoms with van der Waals surface area (Å²) in [6.45, 7) is 2.58. The number of carbonyl (C=O) groups excluding carboxylic acids is 1. The van der Waals surface area contributed by atoms with Gasteiger partial charge < -0.3 is 18.9 Å². The molecule has 0 spiro atoms. The average Bonchev–Trinajstić information content (AvgIpc) is 2.69. The molecule has 0 bridgehead atoms. The van der Waals surface area contributed by atoms with Crippen molar-refractivity contribution in [1.82, 2.24) is 0 Å². The van der Waals surface area contributed by atoms with Gasteiger partial charge in [-0.2, -0.15) is 0 Å². The number of halogens is 1. The van der Waals surface area contributed by atoms with Crippen LogP contribution in [-0.2, 0) is 32.0 Å². The van der Waals surface area contributed by atoms with Gasteiger partial charge >= 0.3 is 5.97 Å². The van der Waals surface area contributed by atoms with Crippen LogP contribution in [0.5, 0.6) is 5.75 Å². The van der Waals surface area contributed by atoms with Crippen molar-refractivity contribution in [3.63, 3.8) is 0 Å². The van der Waals surface area contributed by atoms with Gasteiger partial charge in [-0.15, -0.1) is 0 Å². The van der Waals surface area contributed by atoms with Gasteiger partial charge in [0, 0.05) is 18.4 Å². The van der Waals surface area contributed by atoms with E-state index in [1.807, 2.05) is 24.3 Å². The highest BCUT2D eigenvalue weighted by molar-refractivity contribution is 5.77. The Morgan fingerprint density at radius 2 is 1.81 bits per heavy atom. The molecular weight excluding hydrogens is 351 g/mol. The molecule has 0 aromatic heterocycles. The predicted octanol–water partition coefficient (Wildman–Crippen LogP) is 3.50. The van der Waals surface area contributed by atoms with Crippen LogP contribution in [0.15, 0.2) is 48.5 Å². The lowest BCUT2D eigenvalue weighted by atomic mass is 9.99. The maximum Gasteiger partial charge on any atom is 0.366 e. The molecule has 2 aromatic carbocycles. The molecule has 1 aliphatic rings. The molecule has 1 aliphatic heterocycles.